The maximum Gasteiger partial charge on any atom is 0.385 e. The second kappa shape index (κ2) is 8.63. The number of alkyl halides is 17. The summed E-state index contributed by atoms with van der Waals surface area (Å²) in [4.78, 5) is 0. The fourth-order valence-electron chi connectivity index (χ4n) is 2.10. The molecular weight excluding hydrogens is 491 g/mol. The minimum absolute atomic E-state index is 0.128. The van der Waals surface area contributed by atoms with Crippen LogP contribution < -0.4 is 0 Å². The molecule has 0 N–H and O–H groups in total. The van der Waals surface area contributed by atoms with Gasteiger partial charge in [-0.05, 0) is 6.42 Å². The lowest BCUT2D eigenvalue weighted by atomic mass is 9.87. The number of rotatable bonds is 12. The SMILES string of the molecule is CCCCCC(F)C(F)(F)C(F)(F)C(F)(F)C(F)(F)C(F)(F)C(F)(F)C(F)(F)C(F)F. The maximum absolute atomic E-state index is 13.5. The normalized spacial score (nSPS) is 16.7. The molecule has 1 atom stereocenters. The molecule has 0 spiro atoms. The summed E-state index contributed by atoms with van der Waals surface area (Å²) in [6, 6.07) is 0. The lowest BCUT2D eigenvalue weighted by Crippen LogP contribution is -2.74. The molecule has 0 aromatic heterocycles. The molecule has 0 radical (unpaired) electrons. The van der Waals surface area contributed by atoms with Gasteiger partial charge in [-0.15, -0.1) is 0 Å². The van der Waals surface area contributed by atoms with Gasteiger partial charge >= 0.3 is 47.9 Å². The summed E-state index contributed by atoms with van der Waals surface area (Å²) in [5.74, 6) is -55.6. The smallest absolute Gasteiger partial charge is 0.241 e. The second-order valence-electron chi connectivity index (χ2n) is 6.38. The average molecular weight is 504 g/mol. The third kappa shape index (κ3) is 4.25. The molecule has 0 rings (SSSR count). The summed E-state index contributed by atoms with van der Waals surface area (Å²) in [6.45, 7) is 1.37. The predicted molar refractivity (Wildman–Crippen MR) is 69.7 cm³/mol. The van der Waals surface area contributed by atoms with E-state index in [4.69, 9.17) is 0 Å². The van der Waals surface area contributed by atoms with Gasteiger partial charge in [0.2, 0.25) is 0 Å². The first-order chi connectivity index (χ1) is 13.4. The first kappa shape index (κ1) is 29.8. The van der Waals surface area contributed by atoms with Crippen molar-refractivity contribution >= 4 is 0 Å². The van der Waals surface area contributed by atoms with E-state index in [-0.39, 0.29) is 12.8 Å². The molecule has 188 valence electrons. The summed E-state index contributed by atoms with van der Waals surface area (Å²) < 4.78 is 222. The van der Waals surface area contributed by atoms with Crippen molar-refractivity contribution in [2.24, 2.45) is 0 Å². The van der Waals surface area contributed by atoms with E-state index in [1.165, 1.54) is 6.92 Å². The maximum atomic E-state index is 13.5. The van der Waals surface area contributed by atoms with Crippen molar-refractivity contribution < 1.29 is 74.6 Å². The standard InChI is InChI=1S/C14H13F17/c1-2-3-4-5-6(15)8(18,19)10(22,23)12(26,27)14(30,31)13(28,29)11(24,25)9(20,21)7(16)17/h6-7H,2-5H2,1H3. The highest BCUT2D eigenvalue weighted by molar-refractivity contribution is 5.15. The minimum Gasteiger partial charge on any atom is -0.241 e. The van der Waals surface area contributed by atoms with E-state index >= 15 is 0 Å². The highest BCUT2D eigenvalue weighted by Crippen LogP contribution is 2.63. The lowest BCUT2D eigenvalue weighted by molar-refractivity contribution is -0.449. The molecule has 0 heterocycles. The molecular formula is C14H13F17. The molecule has 17 heteroatoms. The van der Waals surface area contributed by atoms with Crippen molar-refractivity contribution in [3.63, 3.8) is 0 Å². The van der Waals surface area contributed by atoms with Gasteiger partial charge in [0.15, 0.2) is 6.17 Å². The van der Waals surface area contributed by atoms with Crippen LogP contribution in [0.2, 0.25) is 0 Å². The molecule has 0 aromatic rings. The highest BCUT2D eigenvalue weighted by Gasteiger charge is 2.94. The van der Waals surface area contributed by atoms with Crippen LogP contribution >= 0.6 is 0 Å². The van der Waals surface area contributed by atoms with Crippen LogP contribution in [0, 0.1) is 0 Å². The zero-order valence-corrected chi connectivity index (χ0v) is 14.9. The molecule has 0 aliphatic rings. The molecule has 0 fully saturated rings. The van der Waals surface area contributed by atoms with Crippen LogP contribution in [0.4, 0.5) is 74.6 Å². The first-order valence-corrected chi connectivity index (χ1v) is 7.99. The van der Waals surface area contributed by atoms with Crippen LogP contribution in [0.5, 0.6) is 0 Å². The van der Waals surface area contributed by atoms with Crippen molar-refractivity contribution in [1.29, 1.82) is 0 Å². The van der Waals surface area contributed by atoms with Gasteiger partial charge in [0, 0.05) is 0 Å². The monoisotopic (exact) mass is 504 g/mol. The van der Waals surface area contributed by atoms with Gasteiger partial charge < -0.3 is 0 Å². The number of halogens is 17. The quantitative estimate of drug-likeness (QED) is 0.190. The number of hydrogen-bond donors (Lipinski definition) is 0. The Labute approximate surface area is 162 Å². The number of hydrogen-bond acceptors (Lipinski definition) is 0. The molecule has 31 heavy (non-hydrogen) atoms. The second-order valence-corrected chi connectivity index (χ2v) is 6.38. The van der Waals surface area contributed by atoms with Crippen molar-refractivity contribution in [3.8, 4) is 0 Å². The van der Waals surface area contributed by atoms with Crippen LogP contribution in [-0.4, -0.2) is 54.1 Å². The third-order valence-corrected chi connectivity index (χ3v) is 4.14. The van der Waals surface area contributed by atoms with Crippen molar-refractivity contribution in [1.82, 2.24) is 0 Å². The zero-order valence-electron chi connectivity index (χ0n) is 14.9. The predicted octanol–water partition coefficient (Wildman–Crippen LogP) is 7.62. The Bertz CT molecular complexity index is 594. The van der Waals surface area contributed by atoms with Crippen molar-refractivity contribution in [3.05, 3.63) is 0 Å². The van der Waals surface area contributed by atoms with Gasteiger partial charge in [0.05, 0.1) is 0 Å². The van der Waals surface area contributed by atoms with E-state index in [2.05, 4.69) is 0 Å². The van der Waals surface area contributed by atoms with Crippen LogP contribution in [0.15, 0.2) is 0 Å². The lowest BCUT2D eigenvalue weighted by Gasteiger charge is -2.43. The Hall–Kier alpha value is -1.19. The van der Waals surface area contributed by atoms with Crippen LogP contribution in [0.3, 0.4) is 0 Å². The Morgan fingerprint density at radius 3 is 1.13 bits per heavy atom. The Morgan fingerprint density at radius 1 is 0.484 bits per heavy atom. The van der Waals surface area contributed by atoms with E-state index < -0.39 is 66.9 Å². The van der Waals surface area contributed by atoms with Crippen molar-refractivity contribution in [2.75, 3.05) is 0 Å². The summed E-state index contributed by atoms with van der Waals surface area (Å²) >= 11 is 0. The molecule has 0 bridgehead atoms. The van der Waals surface area contributed by atoms with E-state index in [9.17, 15) is 74.6 Å². The van der Waals surface area contributed by atoms with Crippen LogP contribution in [-0.2, 0) is 0 Å². The Morgan fingerprint density at radius 2 is 0.806 bits per heavy atom. The van der Waals surface area contributed by atoms with Gasteiger partial charge in [-0.25, -0.2) is 13.2 Å². The van der Waals surface area contributed by atoms with Crippen LogP contribution in [0.1, 0.15) is 32.6 Å². The molecule has 0 aliphatic carbocycles. The van der Waals surface area contributed by atoms with E-state index in [1.807, 2.05) is 0 Å². The van der Waals surface area contributed by atoms with E-state index in [1.54, 1.807) is 0 Å². The molecule has 0 aliphatic heterocycles. The van der Waals surface area contributed by atoms with Crippen LogP contribution in [0.25, 0.3) is 0 Å². The topological polar surface area (TPSA) is 0 Å². The third-order valence-electron chi connectivity index (χ3n) is 4.14. The zero-order chi connectivity index (χ0) is 25.5. The highest BCUT2D eigenvalue weighted by atomic mass is 19.4. The fraction of sp³-hybridized carbons (Fsp3) is 1.00. The summed E-state index contributed by atoms with van der Waals surface area (Å²) in [6.07, 6.45) is -12.7. The summed E-state index contributed by atoms with van der Waals surface area (Å²) in [5, 5.41) is 0. The van der Waals surface area contributed by atoms with Crippen molar-refractivity contribution in [2.45, 2.75) is 86.7 Å². The van der Waals surface area contributed by atoms with Gasteiger partial charge in [-0.1, -0.05) is 26.2 Å². The fourth-order valence-corrected chi connectivity index (χ4v) is 2.10. The average Bonchev–Trinajstić information content (AvgIpc) is 2.60. The molecule has 0 saturated carbocycles. The van der Waals surface area contributed by atoms with E-state index in [0.717, 1.165) is 0 Å². The van der Waals surface area contributed by atoms with E-state index in [0.29, 0.717) is 0 Å². The molecule has 0 saturated heterocycles. The summed E-state index contributed by atoms with van der Waals surface area (Å²) in [5.41, 5.74) is 0. The summed E-state index contributed by atoms with van der Waals surface area (Å²) in [7, 11) is 0. The Kier molecular flexibility index (Phi) is 8.30. The minimum atomic E-state index is -8.49. The largest absolute Gasteiger partial charge is 0.385 e. The van der Waals surface area contributed by atoms with Gasteiger partial charge in [0.1, 0.15) is 0 Å². The van der Waals surface area contributed by atoms with Gasteiger partial charge in [0.25, 0.3) is 0 Å². The first-order valence-electron chi connectivity index (χ1n) is 7.99. The Balaban J connectivity index is 6.43. The number of unbranched alkanes of at least 4 members (excludes halogenated alkanes) is 2. The molecule has 0 aromatic carbocycles. The molecule has 0 amide bonds. The van der Waals surface area contributed by atoms with Gasteiger partial charge in [-0.3, -0.25) is 0 Å². The molecule has 0 nitrogen and oxygen atoms in total. The van der Waals surface area contributed by atoms with Gasteiger partial charge in [-0.2, -0.15) is 61.5 Å². The molecule has 1 unspecified atom stereocenters.